The summed E-state index contributed by atoms with van der Waals surface area (Å²) in [5.74, 6) is 7.24. The number of anilines is 2. The highest BCUT2D eigenvalue weighted by molar-refractivity contribution is 5.67. The number of nitrogens with zero attached hydrogens (tertiary/aromatic N) is 3. The zero-order chi connectivity index (χ0) is 15.0. The van der Waals surface area contributed by atoms with Gasteiger partial charge in [0.1, 0.15) is 5.82 Å². The van der Waals surface area contributed by atoms with E-state index in [-0.39, 0.29) is 0 Å². The number of benzene rings is 1. The molecule has 2 heterocycles. The van der Waals surface area contributed by atoms with Crippen LogP contribution in [0.3, 0.4) is 0 Å². The number of nitrogen functional groups attached to an aromatic ring is 1. The average molecular weight is 283 g/mol. The normalized spacial score (nSPS) is 13.7. The van der Waals surface area contributed by atoms with Crippen molar-refractivity contribution >= 4 is 11.5 Å². The van der Waals surface area contributed by atoms with E-state index in [9.17, 15) is 0 Å². The van der Waals surface area contributed by atoms with Crippen LogP contribution in [0.5, 0.6) is 0 Å². The van der Waals surface area contributed by atoms with Crippen LogP contribution in [0.15, 0.2) is 24.3 Å². The van der Waals surface area contributed by atoms with E-state index in [0.29, 0.717) is 11.7 Å². The second-order valence-electron chi connectivity index (χ2n) is 5.82. The summed E-state index contributed by atoms with van der Waals surface area (Å²) in [6, 6.07) is 8.33. The molecule has 21 heavy (non-hydrogen) atoms. The predicted octanol–water partition coefficient (Wildman–Crippen LogP) is 2.54. The lowest BCUT2D eigenvalue weighted by Crippen LogP contribution is -2.12. The highest BCUT2D eigenvalue weighted by atomic mass is 15.3. The number of hydrazine groups is 1. The molecule has 110 valence electrons. The maximum Gasteiger partial charge on any atom is 0.161 e. The van der Waals surface area contributed by atoms with Crippen molar-refractivity contribution in [3.8, 4) is 11.4 Å². The third-order valence-electron chi connectivity index (χ3n) is 3.95. The first kappa shape index (κ1) is 13.8. The van der Waals surface area contributed by atoms with Crippen molar-refractivity contribution in [3.63, 3.8) is 0 Å². The second kappa shape index (κ2) is 5.33. The number of rotatable bonds is 3. The summed E-state index contributed by atoms with van der Waals surface area (Å²) in [6.45, 7) is 5.30. The van der Waals surface area contributed by atoms with Crippen LogP contribution in [-0.2, 0) is 6.42 Å². The fourth-order valence-electron chi connectivity index (χ4n) is 2.67. The van der Waals surface area contributed by atoms with Crippen molar-refractivity contribution < 1.29 is 0 Å². The highest BCUT2D eigenvalue weighted by Gasteiger charge is 2.17. The Hall–Kier alpha value is -2.14. The Balaban J connectivity index is 2.06. The summed E-state index contributed by atoms with van der Waals surface area (Å²) in [6.07, 6.45) is 1.07. The number of aromatic nitrogens is 2. The van der Waals surface area contributed by atoms with Gasteiger partial charge in [-0.15, -0.1) is 0 Å². The van der Waals surface area contributed by atoms with E-state index in [4.69, 9.17) is 5.84 Å². The number of nitrogens with one attached hydrogen (secondary N) is 1. The van der Waals surface area contributed by atoms with E-state index in [2.05, 4.69) is 59.4 Å². The lowest BCUT2D eigenvalue weighted by atomic mass is 10.1. The molecule has 1 aliphatic rings. The monoisotopic (exact) mass is 283 g/mol. The largest absolute Gasteiger partial charge is 0.374 e. The smallest absolute Gasteiger partial charge is 0.161 e. The molecule has 1 aromatic heterocycles. The minimum atomic E-state index is 0.333. The Kier molecular flexibility index (Phi) is 3.51. The summed E-state index contributed by atoms with van der Waals surface area (Å²) >= 11 is 0. The number of fused-ring (bicyclic) bond motifs is 1. The zero-order valence-corrected chi connectivity index (χ0v) is 12.7. The van der Waals surface area contributed by atoms with Gasteiger partial charge in [-0.1, -0.05) is 13.8 Å². The number of nitrogens with two attached hydrogens (primary N) is 1. The van der Waals surface area contributed by atoms with Crippen LogP contribution in [0.4, 0.5) is 11.5 Å². The molecule has 2 aromatic rings. The fourth-order valence-corrected chi connectivity index (χ4v) is 2.67. The van der Waals surface area contributed by atoms with Crippen LogP contribution in [0.25, 0.3) is 11.4 Å². The van der Waals surface area contributed by atoms with Gasteiger partial charge in [-0.2, -0.15) is 0 Å². The fraction of sp³-hybridized carbons (Fsp3) is 0.375. The lowest BCUT2D eigenvalue weighted by Gasteiger charge is -2.13. The molecule has 0 radical (unpaired) electrons. The Morgan fingerprint density at radius 1 is 1.24 bits per heavy atom. The molecule has 0 bridgehead atoms. The molecule has 3 N–H and O–H groups in total. The zero-order valence-electron chi connectivity index (χ0n) is 12.7. The van der Waals surface area contributed by atoms with Crippen LogP contribution >= 0.6 is 0 Å². The molecule has 0 aliphatic carbocycles. The van der Waals surface area contributed by atoms with E-state index in [1.54, 1.807) is 0 Å². The number of hydrogen-bond acceptors (Lipinski definition) is 5. The van der Waals surface area contributed by atoms with Crippen LogP contribution in [-0.4, -0.2) is 23.6 Å². The molecule has 1 aromatic carbocycles. The van der Waals surface area contributed by atoms with Crippen molar-refractivity contribution in [2.45, 2.75) is 26.2 Å². The third-order valence-corrected chi connectivity index (χ3v) is 3.95. The summed E-state index contributed by atoms with van der Waals surface area (Å²) in [5, 5.41) is 0. The molecule has 0 saturated carbocycles. The minimum Gasteiger partial charge on any atom is -0.374 e. The molecule has 5 heteroatoms. The van der Waals surface area contributed by atoms with Gasteiger partial charge < -0.3 is 10.3 Å². The van der Waals surface area contributed by atoms with Gasteiger partial charge in [-0.3, -0.25) is 0 Å². The van der Waals surface area contributed by atoms with E-state index < -0.39 is 0 Å². The van der Waals surface area contributed by atoms with Crippen molar-refractivity contribution in [3.05, 3.63) is 35.5 Å². The molecular weight excluding hydrogens is 262 g/mol. The molecule has 5 nitrogen and oxygen atoms in total. The van der Waals surface area contributed by atoms with Gasteiger partial charge in [-0.05, 0) is 36.1 Å². The summed E-state index contributed by atoms with van der Waals surface area (Å²) in [7, 11) is 2.12. The maximum atomic E-state index is 5.53. The first-order valence-electron chi connectivity index (χ1n) is 7.28. The highest BCUT2D eigenvalue weighted by Crippen LogP contribution is 2.31. The topological polar surface area (TPSA) is 67.1 Å². The molecule has 3 rings (SSSR count). The summed E-state index contributed by atoms with van der Waals surface area (Å²) in [4.78, 5) is 11.4. The van der Waals surface area contributed by atoms with Gasteiger partial charge in [-0.25, -0.2) is 15.8 Å². The molecule has 0 unspecified atom stereocenters. The van der Waals surface area contributed by atoms with Gasteiger partial charge in [0.2, 0.25) is 0 Å². The first-order chi connectivity index (χ1) is 10.1. The van der Waals surface area contributed by atoms with Crippen LogP contribution in [0.1, 0.15) is 31.0 Å². The van der Waals surface area contributed by atoms with Gasteiger partial charge >= 0.3 is 0 Å². The Morgan fingerprint density at radius 3 is 2.76 bits per heavy atom. The Bertz CT molecular complexity index is 666. The third kappa shape index (κ3) is 2.56. The van der Waals surface area contributed by atoms with Crippen molar-refractivity contribution in [2.75, 3.05) is 23.9 Å². The molecular formula is C16H21N5. The van der Waals surface area contributed by atoms with Crippen molar-refractivity contribution in [1.82, 2.24) is 9.97 Å². The second-order valence-corrected chi connectivity index (χ2v) is 5.82. The van der Waals surface area contributed by atoms with Crippen molar-refractivity contribution in [2.24, 2.45) is 5.84 Å². The molecule has 1 aliphatic heterocycles. The standard InChI is InChI=1S/C16H21N5/c1-10(2)13-9-15(20-17)19-16(18-13)12-4-5-14-11(8-12)6-7-21(14)3/h4-5,8-10H,6-7,17H2,1-3H3,(H,18,19,20). The van der Waals surface area contributed by atoms with Gasteiger partial charge in [0.05, 0.1) is 0 Å². The summed E-state index contributed by atoms with van der Waals surface area (Å²) in [5.41, 5.74) is 7.33. The van der Waals surface area contributed by atoms with Gasteiger partial charge in [0.15, 0.2) is 5.82 Å². The van der Waals surface area contributed by atoms with Crippen molar-refractivity contribution in [1.29, 1.82) is 0 Å². The SMILES string of the molecule is CC(C)c1cc(NN)nc(-c2ccc3c(c2)CCN3C)n1. The molecule has 0 spiro atoms. The van der Waals surface area contributed by atoms with Gasteiger partial charge in [0.25, 0.3) is 0 Å². The summed E-state index contributed by atoms with van der Waals surface area (Å²) < 4.78 is 0. The predicted molar refractivity (Wildman–Crippen MR) is 86.3 cm³/mol. The van der Waals surface area contributed by atoms with Crippen LogP contribution in [0.2, 0.25) is 0 Å². The van der Waals surface area contributed by atoms with Crippen LogP contribution < -0.4 is 16.2 Å². The molecule has 0 atom stereocenters. The number of hydrogen-bond donors (Lipinski definition) is 2. The van der Waals surface area contributed by atoms with Gasteiger partial charge in [0, 0.05) is 36.6 Å². The van der Waals surface area contributed by atoms with E-state index >= 15 is 0 Å². The Labute approximate surface area is 125 Å². The van der Waals surface area contributed by atoms with E-state index in [0.717, 1.165) is 30.0 Å². The molecule has 0 saturated heterocycles. The molecule has 0 fully saturated rings. The quantitative estimate of drug-likeness (QED) is 0.669. The maximum absolute atomic E-state index is 5.53. The number of likely N-dealkylation sites (N-methyl/N-ethyl adjacent to an activating group) is 1. The Morgan fingerprint density at radius 2 is 2.05 bits per heavy atom. The van der Waals surface area contributed by atoms with E-state index in [1.807, 2.05) is 6.07 Å². The lowest BCUT2D eigenvalue weighted by molar-refractivity contribution is 0.817. The van der Waals surface area contributed by atoms with Crippen LogP contribution in [0, 0.1) is 0 Å². The molecule has 0 amide bonds. The minimum absolute atomic E-state index is 0.333. The van der Waals surface area contributed by atoms with E-state index in [1.165, 1.54) is 11.3 Å². The first-order valence-corrected chi connectivity index (χ1v) is 7.28. The average Bonchev–Trinajstić information content (AvgIpc) is 2.87.